The Morgan fingerprint density at radius 3 is 2.00 bits per heavy atom. The molecule has 4 atom stereocenters. The molecule has 0 amide bonds. The van der Waals surface area contributed by atoms with E-state index >= 15 is 0 Å². The second kappa shape index (κ2) is 13.8. The van der Waals surface area contributed by atoms with Crippen LogP contribution in [0.5, 0.6) is 23.0 Å². The average molecular weight is 593 g/mol. The summed E-state index contributed by atoms with van der Waals surface area (Å²) in [5, 5.41) is 0. The Labute approximate surface area is 252 Å². The number of benzene rings is 3. The number of rotatable bonds is 10. The fourth-order valence-corrected chi connectivity index (χ4v) is 5.75. The molecule has 0 spiro atoms. The van der Waals surface area contributed by atoms with Crippen molar-refractivity contribution in [2.75, 3.05) is 25.7 Å². The molecule has 4 unspecified atom stereocenters. The van der Waals surface area contributed by atoms with E-state index in [9.17, 15) is 4.79 Å². The van der Waals surface area contributed by atoms with Crippen molar-refractivity contribution in [1.82, 2.24) is 0 Å². The summed E-state index contributed by atoms with van der Waals surface area (Å²) in [6.45, 7) is 1.96. The molecule has 2 saturated heterocycles. The zero-order chi connectivity index (χ0) is 28.7. The molecular formula is C34H37ClO7. The van der Waals surface area contributed by atoms with Crippen molar-refractivity contribution < 1.29 is 33.2 Å². The molecule has 0 saturated carbocycles. The minimum absolute atomic E-state index is 0.00608. The van der Waals surface area contributed by atoms with Crippen LogP contribution < -0.4 is 18.9 Å². The van der Waals surface area contributed by atoms with Crippen LogP contribution in [-0.4, -0.2) is 44.1 Å². The van der Waals surface area contributed by atoms with Crippen LogP contribution in [0.3, 0.4) is 0 Å². The van der Waals surface area contributed by atoms with Crippen molar-refractivity contribution in [3.05, 3.63) is 83.4 Å². The lowest BCUT2D eigenvalue weighted by Crippen LogP contribution is -2.30. The van der Waals surface area contributed by atoms with Gasteiger partial charge in [-0.05, 0) is 79.6 Å². The number of halogens is 1. The van der Waals surface area contributed by atoms with Crippen LogP contribution in [0.2, 0.25) is 0 Å². The third-order valence-electron chi connectivity index (χ3n) is 7.86. The van der Waals surface area contributed by atoms with Crippen molar-refractivity contribution in [3.63, 3.8) is 0 Å². The lowest BCUT2D eigenvalue weighted by atomic mass is 9.81. The molecule has 0 N–H and O–H groups in total. The molecule has 3 heterocycles. The van der Waals surface area contributed by atoms with Crippen LogP contribution in [-0.2, 0) is 9.47 Å². The van der Waals surface area contributed by atoms with Crippen LogP contribution in [0.4, 0.5) is 0 Å². The first-order valence-corrected chi connectivity index (χ1v) is 15.5. The summed E-state index contributed by atoms with van der Waals surface area (Å²) in [5.41, 5.74) is 2.26. The molecule has 3 aliphatic heterocycles. The van der Waals surface area contributed by atoms with Crippen molar-refractivity contribution in [2.45, 2.75) is 69.5 Å². The summed E-state index contributed by atoms with van der Waals surface area (Å²) >= 11 is 5.79. The first kappa shape index (κ1) is 28.8. The average Bonchev–Trinajstić information content (AvgIpc) is 3.03. The summed E-state index contributed by atoms with van der Waals surface area (Å²) in [6.07, 6.45) is 5.69. The van der Waals surface area contributed by atoms with Gasteiger partial charge in [-0.15, -0.1) is 11.6 Å². The maximum absolute atomic E-state index is 14.1. The van der Waals surface area contributed by atoms with Gasteiger partial charge in [0.1, 0.15) is 29.1 Å². The molecular weight excluding hydrogens is 556 g/mol. The van der Waals surface area contributed by atoms with Gasteiger partial charge in [0.05, 0.1) is 31.3 Å². The maximum atomic E-state index is 14.1. The number of carbonyl (C=O) groups excluding carboxylic acids is 1. The first-order chi connectivity index (χ1) is 20.7. The quantitative estimate of drug-likeness (QED) is 0.177. The van der Waals surface area contributed by atoms with Gasteiger partial charge in [0, 0.05) is 24.8 Å². The largest absolute Gasteiger partial charge is 0.494 e. The summed E-state index contributed by atoms with van der Waals surface area (Å²) in [4.78, 5) is 14.1. The van der Waals surface area contributed by atoms with Gasteiger partial charge in [0.15, 0.2) is 18.4 Å². The van der Waals surface area contributed by atoms with E-state index in [4.69, 9.17) is 40.0 Å². The number of ketones is 1. The predicted molar refractivity (Wildman–Crippen MR) is 159 cm³/mol. The van der Waals surface area contributed by atoms with Gasteiger partial charge in [-0.3, -0.25) is 4.79 Å². The Balaban J connectivity index is 1.27. The highest BCUT2D eigenvalue weighted by molar-refractivity contribution is 6.17. The van der Waals surface area contributed by atoms with Gasteiger partial charge in [-0.1, -0.05) is 24.3 Å². The summed E-state index contributed by atoms with van der Waals surface area (Å²) in [6, 6.07) is 20.9. The van der Waals surface area contributed by atoms with E-state index in [1.807, 2.05) is 54.6 Å². The first-order valence-electron chi connectivity index (χ1n) is 15.0. The molecule has 6 rings (SSSR count). The van der Waals surface area contributed by atoms with Crippen molar-refractivity contribution in [2.24, 2.45) is 0 Å². The third-order valence-corrected chi connectivity index (χ3v) is 8.13. The number of hydrogen-bond acceptors (Lipinski definition) is 7. The van der Waals surface area contributed by atoms with Gasteiger partial charge in [0.25, 0.3) is 0 Å². The van der Waals surface area contributed by atoms with Crippen molar-refractivity contribution in [1.29, 1.82) is 0 Å². The van der Waals surface area contributed by atoms with Crippen molar-refractivity contribution in [3.8, 4) is 23.0 Å². The number of ether oxygens (including phenoxy) is 6. The van der Waals surface area contributed by atoms with Crippen LogP contribution in [0.15, 0.2) is 66.7 Å². The number of hydrogen-bond donors (Lipinski definition) is 0. The second-order valence-electron chi connectivity index (χ2n) is 10.9. The summed E-state index contributed by atoms with van der Waals surface area (Å²) < 4.78 is 36.0. The molecule has 0 aromatic heterocycles. The van der Waals surface area contributed by atoms with Crippen LogP contribution >= 0.6 is 11.6 Å². The summed E-state index contributed by atoms with van der Waals surface area (Å²) in [7, 11) is 0. The molecule has 42 heavy (non-hydrogen) atoms. The molecule has 2 fully saturated rings. The monoisotopic (exact) mass is 592 g/mol. The Morgan fingerprint density at radius 1 is 0.738 bits per heavy atom. The van der Waals surface area contributed by atoms with Crippen LogP contribution in [0.1, 0.15) is 78.5 Å². The van der Waals surface area contributed by atoms with E-state index in [0.717, 1.165) is 67.6 Å². The zero-order valence-corrected chi connectivity index (χ0v) is 24.4. The zero-order valence-electron chi connectivity index (χ0n) is 23.7. The second-order valence-corrected chi connectivity index (χ2v) is 11.3. The SMILES string of the molecule is O=C1c2ccc(OC3CCCCO3)cc2OC(c2ccc(OCCCCl)cc2)C1c1ccc(OC2CCCCO2)cc1. The number of carbonyl (C=O) groups is 1. The van der Waals surface area contributed by atoms with Crippen molar-refractivity contribution >= 4 is 17.4 Å². The molecule has 8 heteroatoms. The van der Waals surface area contributed by atoms with E-state index in [-0.39, 0.29) is 18.4 Å². The van der Waals surface area contributed by atoms with E-state index < -0.39 is 12.0 Å². The Morgan fingerprint density at radius 2 is 1.36 bits per heavy atom. The highest BCUT2D eigenvalue weighted by Gasteiger charge is 2.39. The van der Waals surface area contributed by atoms with Gasteiger partial charge in [-0.25, -0.2) is 0 Å². The lowest BCUT2D eigenvalue weighted by Gasteiger charge is -2.34. The molecule has 3 aromatic rings. The van der Waals surface area contributed by atoms with Gasteiger partial charge < -0.3 is 28.4 Å². The third kappa shape index (κ3) is 6.86. The smallest absolute Gasteiger partial charge is 0.199 e. The summed E-state index contributed by atoms with van der Waals surface area (Å²) in [5.74, 6) is 2.59. The minimum atomic E-state index is -0.547. The number of Topliss-reactive ketones (excluding diaryl/α,β-unsaturated/α-hetero) is 1. The Bertz CT molecular complexity index is 1310. The topological polar surface area (TPSA) is 72.5 Å². The fourth-order valence-electron chi connectivity index (χ4n) is 5.64. The van der Waals surface area contributed by atoms with Crippen LogP contribution in [0, 0.1) is 0 Å². The Hall–Kier alpha value is -3.26. The molecule has 3 aromatic carbocycles. The molecule has 0 bridgehead atoms. The molecule has 0 aliphatic carbocycles. The molecule has 0 radical (unpaired) electrons. The van der Waals surface area contributed by atoms with Crippen LogP contribution in [0.25, 0.3) is 0 Å². The number of fused-ring (bicyclic) bond motifs is 1. The minimum Gasteiger partial charge on any atom is -0.494 e. The predicted octanol–water partition coefficient (Wildman–Crippen LogP) is 7.61. The van der Waals surface area contributed by atoms with E-state index in [1.54, 1.807) is 12.1 Å². The highest BCUT2D eigenvalue weighted by Crippen LogP contribution is 2.45. The van der Waals surface area contributed by atoms with E-state index in [0.29, 0.717) is 42.8 Å². The van der Waals surface area contributed by atoms with Gasteiger partial charge >= 0.3 is 0 Å². The normalized spacial score (nSPS) is 23.9. The number of alkyl halides is 1. The lowest BCUT2D eigenvalue weighted by molar-refractivity contribution is -0.106. The van der Waals surface area contributed by atoms with E-state index in [2.05, 4.69) is 0 Å². The fraction of sp³-hybridized carbons (Fsp3) is 0.441. The van der Waals surface area contributed by atoms with E-state index in [1.165, 1.54) is 0 Å². The highest BCUT2D eigenvalue weighted by atomic mass is 35.5. The molecule has 222 valence electrons. The standard InChI is InChI=1S/C34H37ClO7/c35-18-5-21-37-25-12-10-24(11-13-25)34-32(23-8-14-26(15-9-23)40-30-6-1-3-19-38-30)33(36)28-17-16-27(22-29(28)42-34)41-31-7-2-4-20-39-31/h8-17,22,30-32,34H,1-7,18-21H2. The molecule has 3 aliphatic rings. The molecule has 7 nitrogen and oxygen atoms in total. The van der Waals surface area contributed by atoms with Gasteiger partial charge in [-0.2, -0.15) is 0 Å². The van der Waals surface area contributed by atoms with Gasteiger partial charge in [0.2, 0.25) is 0 Å². The Kier molecular flexibility index (Phi) is 9.48. The maximum Gasteiger partial charge on any atom is 0.199 e.